The van der Waals surface area contributed by atoms with Crippen LogP contribution in [0.2, 0.25) is 0 Å². The standard InChI is InChI=1S/C15H17FN2/c1-10-7-8-12(11(2)9-10)15(18-17)13-5-3-4-6-14(13)16/h3-9,15,18H,17H2,1-2H3. The van der Waals surface area contributed by atoms with Crippen LogP contribution in [0.15, 0.2) is 42.5 Å². The molecule has 0 radical (unpaired) electrons. The summed E-state index contributed by atoms with van der Waals surface area (Å²) < 4.78 is 13.8. The van der Waals surface area contributed by atoms with E-state index in [-0.39, 0.29) is 11.9 Å². The molecule has 0 saturated heterocycles. The van der Waals surface area contributed by atoms with Crippen LogP contribution in [0, 0.1) is 19.7 Å². The van der Waals surface area contributed by atoms with E-state index in [2.05, 4.69) is 11.5 Å². The van der Waals surface area contributed by atoms with Gasteiger partial charge in [-0.3, -0.25) is 5.84 Å². The SMILES string of the molecule is Cc1ccc(C(NN)c2ccccc2F)c(C)c1. The monoisotopic (exact) mass is 244 g/mol. The molecule has 2 nitrogen and oxygen atoms in total. The van der Waals surface area contributed by atoms with Crippen LogP contribution in [-0.4, -0.2) is 0 Å². The van der Waals surface area contributed by atoms with Gasteiger partial charge in [0.15, 0.2) is 0 Å². The predicted octanol–water partition coefficient (Wildman–Crippen LogP) is 3.00. The van der Waals surface area contributed by atoms with Crippen LogP contribution in [0.25, 0.3) is 0 Å². The Bertz CT molecular complexity index is 552. The molecular weight excluding hydrogens is 227 g/mol. The molecule has 0 spiro atoms. The summed E-state index contributed by atoms with van der Waals surface area (Å²) in [6.07, 6.45) is 0. The normalized spacial score (nSPS) is 12.4. The number of halogens is 1. The number of hydrogen-bond acceptors (Lipinski definition) is 2. The van der Waals surface area contributed by atoms with Crippen LogP contribution < -0.4 is 11.3 Å². The Morgan fingerprint density at radius 2 is 1.78 bits per heavy atom. The van der Waals surface area contributed by atoms with Crippen LogP contribution in [0.3, 0.4) is 0 Å². The van der Waals surface area contributed by atoms with E-state index < -0.39 is 0 Å². The topological polar surface area (TPSA) is 38.0 Å². The van der Waals surface area contributed by atoms with E-state index in [9.17, 15) is 4.39 Å². The Hall–Kier alpha value is -1.71. The van der Waals surface area contributed by atoms with Crippen molar-refractivity contribution in [1.82, 2.24) is 5.43 Å². The largest absolute Gasteiger partial charge is 0.271 e. The molecule has 0 aliphatic rings. The maximum atomic E-state index is 13.8. The summed E-state index contributed by atoms with van der Waals surface area (Å²) in [5.74, 6) is 5.35. The molecule has 0 bridgehead atoms. The van der Waals surface area contributed by atoms with Crippen LogP contribution in [0.1, 0.15) is 28.3 Å². The van der Waals surface area contributed by atoms with Crippen molar-refractivity contribution in [1.29, 1.82) is 0 Å². The van der Waals surface area contributed by atoms with E-state index in [1.807, 2.05) is 32.0 Å². The Kier molecular flexibility index (Phi) is 3.75. The van der Waals surface area contributed by atoms with Crippen molar-refractivity contribution in [3.05, 3.63) is 70.5 Å². The van der Waals surface area contributed by atoms with E-state index in [4.69, 9.17) is 5.84 Å². The molecular formula is C15H17FN2. The van der Waals surface area contributed by atoms with Gasteiger partial charge in [0.25, 0.3) is 0 Å². The first-order valence-electron chi connectivity index (χ1n) is 5.91. The van der Waals surface area contributed by atoms with Crippen molar-refractivity contribution in [2.75, 3.05) is 0 Å². The zero-order valence-corrected chi connectivity index (χ0v) is 10.6. The average Bonchev–Trinajstić information content (AvgIpc) is 2.34. The zero-order chi connectivity index (χ0) is 13.1. The Labute approximate surface area is 107 Å². The molecule has 2 aromatic carbocycles. The fourth-order valence-electron chi connectivity index (χ4n) is 2.21. The minimum Gasteiger partial charge on any atom is -0.271 e. The van der Waals surface area contributed by atoms with Crippen molar-refractivity contribution in [3.63, 3.8) is 0 Å². The van der Waals surface area contributed by atoms with Gasteiger partial charge in [-0.05, 0) is 31.0 Å². The van der Waals surface area contributed by atoms with Gasteiger partial charge in [-0.25, -0.2) is 9.82 Å². The molecule has 3 N–H and O–H groups in total. The molecule has 94 valence electrons. The van der Waals surface area contributed by atoms with E-state index >= 15 is 0 Å². The summed E-state index contributed by atoms with van der Waals surface area (Å²) in [4.78, 5) is 0. The number of nitrogens with one attached hydrogen (secondary N) is 1. The number of hydrazine groups is 1. The smallest absolute Gasteiger partial charge is 0.128 e. The molecule has 0 saturated carbocycles. The lowest BCUT2D eigenvalue weighted by atomic mass is 9.94. The van der Waals surface area contributed by atoms with Gasteiger partial charge in [0.1, 0.15) is 5.82 Å². The first-order valence-corrected chi connectivity index (χ1v) is 5.91. The second-order valence-electron chi connectivity index (χ2n) is 4.48. The first-order chi connectivity index (χ1) is 8.63. The number of nitrogens with two attached hydrogens (primary N) is 1. The van der Waals surface area contributed by atoms with Crippen LogP contribution in [0.4, 0.5) is 4.39 Å². The minimum atomic E-state index is -0.327. The Morgan fingerprint density at radius 1 is 1.06 bits per heavy atom. The number of benzene rings is 2. The van der Waals surface area contributed by atoms with Crippen LogP contribution >= 0.6 is 0 Å². The lowest BCUT2D eigenvalue weighted by Crippen LogP contribution is -2.30. The lowest BCUT2D eigenvalue weighted by Gasteiger charge is -2.20. The maximum Gasteiger partial charge on any atom is 0.128 e. The van der Waals surface area contributed by atoms with Crippen molar-refractivity contribution < 1.29 is 4.39 Å². The molecule has 1 atom stereocenters. The first kappa shape index (κ1) is 12.7. The Morgan fingerprint density at radius 3 is 2.39 bits per heavy atom. The average molecular weight is 244 g/mol. The van der Waals surface area contributed by atoms with Gasteiger partial charge in [0.05, 0.1) is 6.04 Å². The minimum absolute atomic E-state index is 0.250. The molecule has 2 rings (SSSR count). The molecule has 0 aliphatic carbocycles. The summed E-state index contributed by atoms with van der Waals surface area (Å²) in [5, 5.41) is 0. The summed E-state index contributed by atoms with van der Waals surface area (Å²) in [6.45, 7) is 4.04. The lowest BCUT2D eigenvalue weighted by molar-refractivity contribution is 0.559. The van der Waals surface area contributed by atoms with E-state index in [1.165, 1.54) is 11.6 Å². The quantitative estimate of drug-likeness (QED) is 0.643. The van der Waals surface area contributed by atoms with Gasteiger partial charge in [-0.1, -0.05) is 42.0 Å². The van der Waals surface area contributed by atoms with Gasteiger partial charge >= 0.3 is 0 Å². The third-order valence-electron chi connectivity index (χ3n) is 3.12. The van der Waals surface area contributed by atoms with Crippen molar-refractivity contribution in [3.8, 4) is 0 Å². The highest BCUT2D eigenvalue weighted by molar-refractivity contribution is 5.39. The number of hydrogen-bond donors (Lipinski definition) is 2. The van der Waals surface area contributed by atoms with Crippen molar-refractivity contribution >= 4 is 0 Å². The summed E-state index contributed by atoms with van der Waals surface area (Å²) in [5.41, 5.74) is 6.53. The molecule has 3 heteroatoms. The van der Waals surface area contributed by atoms with Gasteiger partial charge in [-0.15, -0.1) is 0 Å². The van der Waals surface area contributed by atoms with Crippen molar-refractivity contribution in [2.24, 2.45) is 5.84 Å². The fourth-order valence-corrected chi connectivity index (χ4v) is 2.21. The van der Waals surface area contributed by atoms with Crippen LogP contribution in [0.5, 0.6) is 0 Å². The molecule has 0 aromatic heterocycles. The van der Waals surface area contributed by atoms with E-state index in [0.717, 1.165) is 11.1 Å². The molecule has 0 fully saturated rings. The van der Waals surface area contributed by atoms with Crippen LogP contribution in [-0.2, 0) is 0 Å². The van der Waals surface area contributed by atoms with Gasteiger partial charge in [-0.2, -0.15) is 0 Å². The molecule has 0 amide bonds. The third kappa shape index (κ3) is 2.42. The summed E-state index contributed by atoms with van der Waals surface area (Å²) >= 11 is 0. The summed E-state index contributed by atoms with van der Waals surface area (Å²) in [7, 11) is 0. The highest BCUT2D eigenvalue weighted by Gasteiger charge is 2.17. The second-order valence-corrected chi connectivity index (χ2v) is 4.48. The summed E-state index contributed by atoms with van der Waals surface area (Å²) in [6, 6.07) is 12.4. The highest BCUT2D eigenvalue weighted by atomic mass is 19.1. The van der Waals surface area contributed by atoms with Gasteiger partial charge in [0, 0.05) is 5.56 Å². The molecule has 1 unspecified atom stereocenters. The van der Waals surface area contributed by atoms with Crippen molar-refractivity contribution in [2.45, 2.75) is 19.9 Å². The third-order valence-corrected chi connectivity index (χ3v) is 3.12. The van der Waals surface area contributed by atoms with Gasteiger partial charge < -0.3 is 0 Å². The second kappa shape index (κ2) is 5.29. The highest BCUT2D eigenvalue weighted by Crippen LogP contribution is 2.26. The number of rotatable bonds is 3. The molecule has 2 aromatic rings. The number of aryl methyl sites for hydroxylation is 2. The van der Waals surface area contributed by atoms with Gasteiger partial charge in [0.2, 0.25) is 0 Å². The molecule has 18 heavy (non-hydrogen) atoms. The Balaban J connectivity index is 2.49. The maximum absolute atomic E-state index is 13.8. The van der Waals surface area contributed by atoms with E-state index in [0.29, 0.717) is 5.56 Å². The zero-order valence-electron chi connectivity index (χ0n) is 10.6. The molecule has 0 heterocycles. The fraction of sp³-hybridized carbons (Fsp3) is 0.200. The van der Waals surface area contributed by atoms with E-state index in [1.54, 1.807) is 12.1 Å². The predicted molar refractivity (Wildman–Crippen MR) is 71.5 cm³/mol. The molecule has 0 aliphatic heterocycles.